The third-order valence-corrected chi connectivity index (χ3v) is 5.19. The molecule has 0 saturated heterocycles. The molecule has 1 amide bonds. The largest absolute Gasteiger partial charge is 0.496 e. The summed E-state index contributed by atoms with van der Waals surface area (Å²) < 4.78 is 36.9. The van der Waals surface area contributed by atoms with Crippen LogP contribution in [0.3, 0.4) is 0 Å². The second-order valence-corrected chi connectivity index (χ2v) is 9.01. The minimum Gasteiger partial charge on any atom is -0.496 e. The lowest BCUT2D eigenvalue weighted by atomic mass is 10.2. The zero-order valence-corrected chi connectivity index (χ0v) is 16.7. The van der Waals surface area contributed by atoms with Crippen LogP contribution in [0.2, 0.25) is 0 Å². The smallest absolute Gasteiger partial charge is 0.407 e. The molecule has 0 radical (unpaired) electrons. The topological polar surface area (TPSA) is 84.9 Å². The number of carbonyl (C=O) groups excluding carboxylic acids is 1. The predicted octanol–water partition coefficient (Wildman–Crippen LogP) is 2.54. The Hall–Kier alpha value is -1.80. The van der Waals surface area contributed by atoms with E-state index in [9.17, 15) is 13.2 Å². The summed E-state index contributed by atoms with van der Waals surface area (Å²) in [6.07, 6.45) is -0.578. The molecule has 142 valence electrons. The van der Waals surface area contributed by atoms with Crippen LogP contribution in [-0.4, -0.2) is 51.2 Å². The molecule has 0 fully saturated rings. The molecule has 1 aromatic rings. The maximum Gasteiger partial charge on any atom is 0.407 e. The van der Waals surface area contributed by atoms with Crippen molar-refractivity contribution < 1.29 is 22.7 Å². The van der Waals surface area contributed by atoms with Gasteiger partial charge in [-0.25, -0.2) is 13.2 Å². The minimum absolute atomic E-state index is 0.118. The van der Waals surface area contributed by atoms with Gasteiger partial charge in [0.25, 0.3) is 0 Å². The number of alkyl carbamates (subject to hydrolysis) is 1. The summed E-state index contributed by atoms with van der Waals surface area (Å²) in [5.74, 6) is 0.626. The number of benzene rings is 1. The average Bonchev–Trinajstić information content (AvgIpc) is 2.44. The molecule has 1 N–H and O–H groups in total. The van der Waals surface area contributed by atoms with E-state index in [2.05, 4.69) is 5.32 Å². The van der Waals surface area contributed by atoms with E-state index in [-0.39, 0.29) is 11.4 Å². The number of amides is 1. The highest BCUT2D eigenvalue weighted by Gasteiger charge is 2.24. The first-order valence-corrected chi connectivity index (χ1v) is 9.41. The molecule has 7 nitrogen and oxygen atoms in total. The standard InChI is InChI=1S/C17H28N2O5S/c1-12-10-14(8-9-15(12)23-7)25(21,22)19(6)11-13(2)18-16(20)24-17(3,4)5/h8-10,13H,11H2,1-7H3,(H,18,20)/t13-/m0/s1. The first kappa shape index (κ1) is 21.2. The number of carbonyl (C=O) groups is 1. The zero-order chi connectivity index (χ0) is 19.4. The molecule has 0 aliphatic carbocycles. The van der Waals surface area contributed by atoms with E-state index < -0.39 is 27.8 Å². The highest BCUT2D eigenvalue weighted by molar-refractivity contribution is 7.89. The van der Waals surface area contributed by atoms with Gasteiger partial charge < -0.3 is 14.8 Å². The Bertz CT molecular complexity index is 710. The number of nitrogens with one attached hydrogen (secondary N) is 1. The van der Waals surface area contributed by atoms with Gasteiger partial charge in [0.2, 0.25) is 10.0 Å². The number of sulfonamides is 1. The summed E-state index contributed by atoms with van der Waals surface area (Å²) in [5, 5.41) is 2.63. The van der Waals surface area contributed by atoms with Crippen LogP contribution in [0.5, 0.6) is 5.75 Å². The maximum absolute atomic E-state index is 12.7. The van der Waals surface area contributed by atoms with Gasteiger partial charge in [-0.15, -0.1) is 0 Å². The van der Waals surface area contributed by atoms with E-state index >= 15 is 0 Å². The molecule has 8 heteroatoms. The predicted molar refractivity (Wildman–Crippen MR) is 96.4 cm³/mol. The van der Waals surface area contributed by atoms with Gasteiger partial charge in [-0.2, -0.15) is 4.31 Å². The van der Waals surface area contributed by atoms with Crippen molar-refractivity contribution >= 4 is 16.1 Å². The normalized spacial score (nSPS) is 13.4. The average molecular weight is 372 g/mol. The number of likely N-dealkylation sites (N-methyl/N-ethyl adjacent to an activating group) is 1. The first-order chi connectivity index (χ1) is 11.4. The van der Waals surface area contributed by atoms with Crippen LogP contribution in [0.25, 0.3) is 0 Å². The molecule has 1 atom stereocenters. The van der Waals surface area contributed by atoms with Crippen molar-refractivity contribution in [2.75, 3.05) is 20.7 Å². The summed E-state index contributed by atoms with van der Waals surface area (Å²) >= 11 is 0. The molecule has 1 aromatic carbocycles. The Labute approximate surface area is 150 Å². The molecular weight excluding hydrogens is 344 g/mol. The van der Waals surface area contributed by atoms with Gasteiger partial charge in [-0.05, 0) is 58.4 Å². The summed E-state index contributed by atoms with van der Waals surface area (Å²) in [4.78, 5) is 11.9. The highest BCUT2D eigenvalue weighted by atomic mass is 32.2. The van der Waals surface area contributed by atoms with Crippen LogP contribution in [-0.2, 0) is 14.8 Å². The molecule has 1 rings (SSSR count). The Morgan fingerprint density at radius 3 is 2.40 bits per heavy atom. The number of nitrogens with zero attached hydrogens (tertiary/aromatic N) is 1. The van der Waals surface area contributed by atoms with Gasteiger partial charge in [0.1, 0.15) is 11.4 Å². The van der Waals surface area contributed by atoms with Crippen molar-refractivity contribution in [2.24, 2.45) is 0 Å². The number of hydrogen-bond donors (Lipinski definition) is 1. The van der Waals surface area contributed by atoms with Crippen LogP contribution in [0.4, 0.5) is 4.79 Å². The molecule has 0 spiro atoms. The number of ether oxygens (including phenoxy) is 2. The molecular formula is C17H28N2O5S. The van der Waals surface area contributed by atoms with Crippen molar-refractivity contribution in [2.45, 2.75) is 51.2 Å². The van der Waals surface area contributed by atoms with Crippen molar-refractivity contribution in [1.82, 2.24) is 9.62 Å². The summed E-state index contributed by atoms with van der Waals surface area (Å²) in [6, 6.07) is 4.28. The van der Waals surface area contributed by atoms with Gasteiger partial charge in [0.15, 0.2) is 0 Å². The Morgan fingerprint density at radius 2 is 1.92 bits per heavy atom. The fourth-order valence-corrected chi connectivity index (χ4v) is 3.57. The van der Waals surface area contributed by atoms with Gasteiger partial charge >= 0.3 is 6.09 Å². The Kier molecular flexibility index (Phi) is 6.84. The lowest BCUT2D eigenvalue weighted by Gasteiger charge is -2.24. The zero-order valence-electron chi connectivity index (χ0n) is 15.9. The van der Waals surface area contributed by atoms with E-state index in [1.54, 1.807) is 46.8 Å². The maximum atomic E-state index is 12.7. The number of hydrogen-bond acceptors (Lipinski definition) is 5. The van der Waals surface area contributed by atoms with Crippen LogP contribution in [0.1, 0.15) is 33.3 Å². The molecule has 0 unspecified atom stereocenters. The third kappa shape index (κ3) is 6.21. The van der Waals surface area contributed by atoms with Gasteiger partial charge in [0, 0.05) is 19.6 Å². The Morgan fingerprint density at radius 1 is 1.32 bits per heavy atom. The SMILES string of the molecule is COc1ccc(S(=O)(=O)N(C)C[C@H](C)NC(=O)OC(C)(C)C)cc1C. The van der Waals surface area contributed by atoms with Gasteiger partial charge in [0.05, 0.1) is 12.0 Å². The van der Waals surface area contributed by atoms with Crippen LogP contribution < -0.4 is 10.1 Å². The van der Waals surface area contributed by atoms with E-state index in [1.165, 1.54) is 24.5 Å². The molecule has 0 heterocycles. The van der Waals surface area contributed by atoms with Gasteiger partial charge in [-0.3, -0.25) is 0 Å². The second kappa shape index (κ2) is 8.05. The van der Waals surface area contributed by atoms with Crippen molar-refractivity contribution in [3.05, 3.63) is 23.8 Å². The fourth-order valence-electron chi connectivity index (χ4n) is 2.23. The first-order valence-electron chi connectivity index (χ1n) is 7.97. The van der Waals surface area contributed by atoms with Crippen molar-refractivity contribution in [3.8, 4) is 5.75 Å². The molecule has 0 aliphatic heterocycles. The summed E-state index contributed by atoms with van der Waals surface area (Å²) in [6.45, 7) is 8.91. The van der Waals surface area contributed by atoms with Crippen molar-refractivity contribution in [3.63, 3.8) is 0 Å². The second-order valence-electron chi connectivity index (χ2n) is 6.96. The number of rotatable bonds is 6. The quantitative estimate of drug-likeness (QED) is 0.829. The van der Waals surface area contributed by atoms with Crippen molar-refractivity contribution in [1.29, 1.82) is 0 Å². The third-order valence-electron chi connectivity index (χ3n) is 3.37. The van der Waals surface area contributed by atoms with E-state index in [0.717, 1.165) is 5.56 Å². The molecule has 25 heavy (non-hydrogen) atoms. The van der Waals surface area contributed by atoms with E-state index in [4.69, 9.17) is 9.47 Å². The van der Waals surface area contributed by atoms with Crippen LogP contribution in [0.15, 0.2) is 23.1 Å². The lowest BCUT2D eigenvalue weighted by Crippen LogP contribution is -2.44. The molecule has 0 aromatic heterocycles. The molecule has 0 aliphatic rings. The van der Waals surface area contributed by atoms with Gasteiger partial charge in [-0.1, -0.05) is 0 Å². The summed E-state index contributed by atoms with van der Waals surface area (Å²) in [5.41, 5.74) is 0.125. The van der Waals surface area contributed by atoms with Crippen LogP contribution in [0, 0.1) is 6.92 Å². The lowest BCUT2D eigenvalue weighted by molar-refractivity contribution is 0.0504. The van der Waals surface area contributed by atoms with Crippen LogP contribution >= 0.6 is 0 Å². The Balaban J connectivity index is 2.79. The highest BCUT2D eigenvalue weighted by Crippen LogP contribution is 2.23. The summed E-state index contributed by atoms with van der Waals surface area (Å²) in [7, 11) is -0.658. The minimum atomic E-state index is -3.67. The molecule has 0 saturated carbocycles. The monoisotopic (exact) mass is 372 g/mol. The number of aryl methyl sites for hydroxylation is 1. The molecule has 0 bridgehead atoms. The van der Waals surface area contributed by atoms with E-state index in [0.29, 0.717) is 5.75 Å². The fraction of sp³-hybridized carbons (Fsp3) is 0.588. The number of methoxy groups -OCH3 is 1. The van der Waals surface area contributed by atoms with E-state index in [1.807, 2.05) is 0 Å².